The summed E-state index contributed by atoms with van der Waals surface area (Å²) in [4.78, 5) is 23.4. The predicted molar refractivity (Wildman–Crippen MR) is 88.5 cm³/mol. The second-order valence-electron chi connectivity index (χ2n) is 5.65. The van der Waals surface area contributed by atoms with E-state index in [2.05, 4.69) is 5.43 Å². The van der Waals surface area contributed by atoms with E-state index in [9.17, 15) is 31.2 Å². The van der Waals surface area contributed by atoms with Crippen LogP contribution in [-0.4, -0.2) is 31.7 Å². The van der Waals surface area contributed by atoms with E-state index >= 15 is 0 Å². The van der Waals surface area contributed by atoms with Gasteiger partial charge in [-0.05, 0) is 30.2 Å². The largest absolute Gasteiger partial charge is 0.417 e. The van der Waals surface area contributed by atoms with Crippen molar-refractivity contribution in [1.82, 2.24) is 10.9 Å². The zero-order valence-electron chi connectivity index (χ0n) is 13.1. The highest BCUT2D eigenvalue weighted by Crippen LogP contribution is 2.35. The molecule has 0 radical (unpaired) electrons. The van der Waals surface area contributed by atoms with Gasteiger partial charge in [0.05, 0.1) is 28.0 Å². The molecule has 1 fully saturated rings. The molecule has 1 heterocycles. The van der Waals surface area contributed by atoms with E-state index in [-0.39, 0.29) is 23.5 Å². The van der Waals surface area contributed by atoms with E-state index in [0.29, 0.717) is 0 Å². The summed E-state index contributed by atoms with van der Waals surface area (Å²) in [6.45, 7) is 0. The van der Waals surface area contributed by atoms with Crippen molar-refractivity contribution in [3.05, 3.63) is 40.4 Å². The number of nitrogens with one attached hydrogen (secondary N) is 2. The van der Waals surface area contributed by atoms with E-state index in [1.807, 2.05) is 5.43 Å². The van der Waals surface area contributed by atoms with Crippen LogP contribution in [-0.2, 0) is 25.6 Å². The normalized spacial score (nSPS) is 19.5. The van der Waals surface area contributed by atoms with Crippen molar-refractivity contribution in [1.29, 1.82) is 0 Å². The van der Waals surface area contributed by atoms with Gasteiger partial charge in [-0.3, -0.25) is 20.4 Å². The third-order valence-corrected chi connectivity index (χ3v) is 5.73. The van der Waals surface area contributed by atoms with Crippen molar-refractivity contribution in [3.63, 3.8) is 0 Å². The lowest BCUT2D eigenvalue weighted by Crippen LogP contribution is -2.44. The second kappa shape index (κ2) is 7.67. The third-order valence-electron chi connectivity index (χ3n) is 3.64. The van der Waals surface area contributed by atoms with E-state index in [0.717, 1.165) is 24.3 Å². The van der Waals surface area contributed by atoms with Gasteiger partial charge in [0.2, 0.25) is 5.91 Å². The smallest absolute Gasteiger partial charge is 0.273 e. The zero-order valence-corrected chi connectivity index (χ0v) is 14.7. The maximum atomic E-state index is 12.8. The summed E-state index contributed by atoms with van der Waals surface area (Å²) in [5, 5.41) is -0.460. The Morgan fingerprint density at radius 3 is 2.50 bits per heavy atom. The number of alkyl halides is 3. The van der Waals surface area contributed by atoms with E-state index in [1.165, 1.54) is 6.07 Å². The molecule has 1 atom stereocenters. The van der Waals surface area contributed by atoms with Crippen LogP contribution in [0.4, 0.5) is 13.2 Å². The van der Waals surface area contributed by atoms with Crippen molar-refractivity contribution in [3.8, 4) is 0 Å². The van der Waals surface area contributed by atoms with Crippen LogP contribution in [0.15, 0.2) is 24.3 Å². The molecule has 0 unspecified atom stereocenters. The van der Waals surface area contributed by atoms with E-state index in [4.69, 9.17) is 11.6 Å². The zero-order chi connectivity index (χ0) is 19.5. The second-order valence-corrected chi connectivity index (χ2v) is 8.28. The van der Waals surface area contributed by atoms with Gasteiger partial charge >= 0.3 is 6.18 Å². The molecule has 0 aromatic heterocycles. The van der Waals surface area contributed by atoms with Gasteiger partial charge in [-0.2, -0.15) is 13.2 Å². The minimum atomic E-state index is -4.63. The van der Waals surface area contributed by atoms with Crippen LogP contribution in [0.1, 0.15) is 17.5 Å². The number of sulfone groups is 1. The Balaban J connectivity index is 1.93. The molecule has 0 spiro atoms. The van der Waals surface area contributed by atoms with Gasteiger partial charge in [-0.15, -0.1) is 0 Å². The van der Waals surface area contributed by atoms with Crippen LogP contribution < -0.4 is 10.9 Å². The number of halogens is 4. The van der Waals surface area contributed by atoms with Gasteiger partial charge in [0.1, 0.15) is 0 Å². The van der Waals surface area contributed by atoms with Crippen LogP contribution in [0.2, 0.25) is 5.02 Å². The highest BCUT2D eigenvalue weighted by Gasteiger charge is 2.34. The molecular formula is C15H14ClF3N2O4S. The first-order chi connectivity index (χ1) is 12.0. The van der Waals surface area contributed by atoms with Gasteiger partial charge in [-0.25, -0.2) is 8.42 Å². The summed E-state index contributed by atoms with van der Waals surface area (Å²) < 4.78 is 60.9. The number of hydrogen-bond donors (Lipinski definition) is 2. The number of carbonyl (C=O) groups is 2. The number of rotatable bonds is 3. The van der Waals surface area contributed by atoms with Gasteiger partial charge in [0.25, 0.3) is 5.91 Å². The molecule has 1 aromatic carbocycles. The molecule has 2 amide bonds. The number of carbonyl (C=O) groups excluding carboxylic acids is 2. The molecule has 26 heavy (non-hydrogen) atoms. The predicted octanol–water partition coefficient (Wildman–Crippen LogP) is 1.95. The summed E-state index contributed by atoms with van der Waals surface area (Å²) in [5.41, 5.74) is 3.19. The summed E-state index contributed by atoms with van der Waals surface area (Å²) in [5.74, 6) is -2.54. The Morgan fingerprint density at radius 1 is 1.23 bits per heavy atom. The highest BCUT2D eigenvalue weighted by molar-refractivity contribution is 7.91. The summed E-state index contributed by atoms with van der Waals surface area (Å²) in [7, 11) is -3.24. The third kappa shape index (κ3) is 5.46. The van der Waals surface area contributed by atoms with Crippen molar-refractivity contribution >= 4 is 39.3 Å². The summed E-state index contributed by atoms with van der Waals surface area (Å²) in [6.07, 6.45) is -2.41. The molecule has 142 valence electrons. The minimum absolute atomic E-state index is 0.0863. The Hall–Kier alpha value is -2.07. The van der Waals surface area contributed by atoms with Crippen LogP contribution in [0, 0.1) is 5.92 Å². The topological polar surface area (TPSA) is 92.3 Å². The van der Waals surface area contributed by atoms with Gasteiger partial charge in [0, 0.05) is 6.08 Å². The molecule has 1 aliphatic heterocycles. The number of benzene rings is 1. The van der Waals surface area contributed by atoms with Gasteiger partial charge in [-0.1, -0.05) is 17.7 Å². The average Bonchev–Trinajstić information content (AvgIpc) is 2.90. The van der Waals surface area contributed by atoms with E-state index < -0.39 is 44.3 Å². The first kappa shape index (κ1) is 20.2. The quantitative estimate of drug-likeness (QED) is 0.588. The fourth-order valence-corrected chi connectivity index (χ4v) is 4.27. The van der Waals surface area contributed by atoms with Crippen LogP contribution in [0.3, 0.4) is 0 Å². The van der Waals surface area contributed by atoms with Gasteiger partial charge < -0.3 is 0 Å². The molecule has 1 aliphatic rings. The fraction of sp³-hybridized carbons (Fsp3) is 0.333. The summed E-state index contributed by atoms with van der Waals surface area (Å²) >= 11 is 5.50. The fourth-order valence-electron chi connectivity index (χ4n) is 2.30. The molecule has 11 heteroatoms. The lowest BCUT2D eigenvalue weighted by Gasteiger charge is -2.10. The SMILES string of the molecule is O=C(/C=C/c1ccc(Cl)c(C(F)(F)F)c1)NNC(=O)[C@@H]1CCS(=O)(=O)C1. The van der Waals surface area contributed by atoms with Crippen molar-refractivity contribution in [2.24, 2.45) is 5.92 Å². The minimum Gasteiger partial charge on any atom is -0.273 e. The van der Waals surface area contributed by atoms with Gasteiger partial charge in [0.15, 0.2) is 9.84 Å². The lowest BCUT2D eigenvalue weighted by atomic mass is 10.1. The monoisotopic (exact) mass is 410 g/mol. The van der Waals surface area contributed by atoms with E-state index in [1.54, 1.807) is 0 Å². The standard InChI is InChI=1S/C15H14ClF3N2O4S/c16-12-3-1-9(7-11(12)15(17,18)19)2-4-13(22)20-21-14(23)10-5-6-26(24,25)8-10/h1-4,7,10H,5-6,8H2,(H,20,22)(H,21,23)/b4-2+/t10-/m1/s1. The number of amides is 2. The van der Waals surface area contributed by atoms with Crippen LogP contribution in [0.25, 0.3) is 6.08 Å². The molecule has 1 aromatic rings. The Bertz CT molecular complexity index is 853. The molecule has 0 saturated carbocycles. The first-order valence-electron chi connectivity index (χ1n) is 7.33. The average molecular weight is 411 g/mol. The molecular weight excluding hydrogens is 397 g/mol. The van der Waals surface area contributed by atoms with Crippen molar-refractivity contribution in [2.45, 2.75) is 12.6 Å². The molecule has 2 N–H and O–H groups in total. The molecule has 2 rings (SSSR count). The highest BCUT2D eigenvalue weighted by atomic mass is 35.5. The molecule has 0 bridgehead atoms. The maximum Gasteiger partial charge on any atom is 0.417 e. The molecule has 6 nitrogen and oxygen atoms in total. The Labute approximate surface area is 152 Å². The molecule has 1 saturated heterocycles. The Morgan fingerprint density at radius 2 is 1.92 bits per heavy atom. The van der Waals surface area contributed by atoms with Crippen LogP contribution in [0.5, 0.6) is 0 Å². The number of hydrogen-bond acceptors (Lipinski definition) is 4. The van der Waals surface area contributed by atoms with Crippen LogP contribution >= 0.6 is 11.6 Å². The number of hydrazine groups is 1. The molecule has 0 aliphatic carbocycles. The van der Waals surface area contributed by atoms with Crippen molar-refractivity contribution < 1.29 is 31.2 Å². The Kier molecular flexibility index (Phi) is 5.97. The maximum absolute atomic E-state index is 12.8. The lowest BCUT2D eigenvalue weighted by molar-refractivity contribution is -0.137. The first-order valence-corrected chi connectivity index (χ1v) is 9.53. The van der Waals surface area contributed by atoms with Crippen molar-refractivity contribution in [2.75, 3.05) is 11.5 Å². The summed E-state index contributed by atoms with van der Waals surface area (Å²) in [6, 6.07) is 3.14.